The first kappa shape index (κ1) is 9.49. The van der Waals surface area contributed by atoms with E-state index in [-0.39, 0.29) is 0 Å². The van der Waals surface area contributed by atoms with Crippen molar-refractivity contribution >= 4 is 28.9 Å². The molecule has 0 aliphatic carbocycles. The van der Waals surface area contributed by atoms with E-state index in [1.165, 1.54) is 7.11 Å². The number of nitrogen functional groups attached to an aromatic ring is 1. The Balaban J connectivity index is 3.40. The molecule has 4 heteroatoms. The maximum Gasteiger partial charge on any atom is 0.160 e. The van der Waals surface area contributed by atoms with Gasteiger partial charge in [-0.15, -0.1) is 0 Å². The van der Waals surface area contributed by atoms with Crippen LogP contribution in [0.5, 0.6) is 5.75 Å². The van der Waals surface area contributed by atoms with Crippen molar-refractivity contribution in [1.82, 2.24) is 0 Å². The quantitative estimate of drug-likeness (QED) is 0.717. The standard InChI is InChI=1S/C8H9Cl2NO/c1-4-5(9)3-6(11)8(12-2)7(4)10/h3H,11H2,1-2H3. The Morgan fingerprint density at radius 3 is 2.50 bits per heavy atom. The highest BCUT2D eigenvalue weighted by atomic mass is 35.5. The second-order valence-corrected chi connectivity index (χ2v) is 3.21. The van der Waals surface area contributed by atoms with Crippen molar-refractivity contribution in [3.63, 3.8) is 0 Å². The van der Waals surface area contributed by atoms with Gasteiger partial charge in [-0.05, 0) is 18.6 Å². The molecule has 2 nitrogen and oxygen atoms in total. The predicted molar refractivity (Wildman–Crippen MR) is 52.2 cm³/mol. The van der Waals surface area contributed by atoms with Crippen LogP contribution < -0.4 is 10.5 Å². The molecular weight excluding hydrogens is 197 g/mol. The zero-order valence-corrected chi connectivity index (χ0v) is 8.33. The third-order valence-electron chi connectivity index (χ3n) is 1.64. The Morgan fingerprint density at radius 2 is 2.00 bits per heavy atom. The molecule has 0 amide bonds. The lowest BCUT2D eigenvalue weighted by molar-refractivity contribution is 0.417. The largest absolute Gasteiger partial charge is 0.493 e. The van der Waals surface area contributed by atoms with Crippen LogP contribution in [0.15, 0.2) is 6.07 Å². The molecule has 1 rings (SSSR count). The van der Waals surface area contributed by atoms with Crippen molar-refractivity contribution in [3.8, 4) is 5.75 Å². The second kappa shape index (κ2) is 3.42. The maximum absolute atomic E-state index is 5.91. The van der Waals surface area contributed by atoms with Crippen LogP contribution in [0.25, 0.3) is 0 Å². The number of methoxy groups -OCH3 is 1. The van der Waals surface area contributed by atoms with Crippen molar-refractivity contribution < 1.29 is 4.74 Å². The van der Waals surface area contributed by atoms with Gasteiger partial charge in [-0.2, -0.15) is 0 Å². The van der Waals surface area contributed by atoms with Crippen molar-refractivity contribution in [1.29, 1.82) is 0 Å². The number of benzene rings is 1. The number of halogens is 2. The van der Waals surface area contributed by atoms with Crippen LogP contribution in [0.4, 0.5) is 5.69 Å². The molecule has 0 saturated carbocycles. The first-order chi connectivity index (χ1) is 5.57. The highest BCUT2D eigenvalue weighted by Crippen LogP contribution is 2.37. The first-order valence-electron chi connectivity index (χ1n) is 3.36. The number of ether oxygens (including phenoxy) is 1. The van der Waals surface area contributed by atoms with Crippen LogP contribution in [0.2, 0.25) is 10.0 Å². The van der Waals surface area contributed by atoms with Gasteiger partial charge in [-0.3, -0.25) is 0 Å². The minimum absolute atomic E-state index is 0.457. The number of nitrogens with two attached hydrogens (primary N) is 1. The molecule has 0 saturated heterocycles. The fourth-order valence-electron chi connectivity index (χ4n) is 0.920. The van der Waals surface area contributed by atoms with E-state index >= 15 is 0 Å². The van der Waals surface area contributed by atoms with Gasteiger partial charge < -0.3 is 10.5 Å². The summed E-state index contributed by atoms with van der Waals surface area (Å²) in [5.41, 5.74) is 6.85. The summed E-state index contributed by atoms with van der Waals surface area (Å²) in [5, 5.41) is 1.03. The lowest BCUT2D eigenvalue weighted by Crippen LogP contribution is -1.95. The van der Waals surface area contributed by atoms with Crippen LogP contribution in [0, 0.1) is 6.92 Å². The zero-order chi connectivity index (χ0) is 9.30. The van der Waals surface area contributed by atoms with E-state index in [9.17, 15) is 0 Å². The van der Waals surface area contributed by atoms with Crippen molar-refractivity contribution in [3.05, 3.63) is 21.7 Å². The van der Waals surface area contributed by atoms with E-state index in [1.807, 2.05) is 6.92 Å². The monoisotopic (exact) mass is 205 g/mol. The highest BCUT2D eigenvalue weighted by Gasteiger charge is 2.10. The van der Waals surface area contributed by atoms with Crippen LogP contribution in [-0.2, 0) is 0 Å². The minimum Gasteiger partial charge on any atom is -0.493 e. The molecule has 0 radical (unpaired) electrons. The Labute approximate surface area is 81.2 Å². The minimum atomic E-state index is 0.457. The summed E-state index contributed by atoms with van der Waals surface area (Å²) >= 11 is 11.7. The Kier molecular flexibility index (Phi) is 2.70. The highest BCUT2D eigenvalue weighted by molar-refractivity contribution is 6.37. The summed E-state index contributed by atoms with van der Waals surface area (Å²) < 4.78 is 5.00. The Morgan fingerprint density at radius 1 is 1.42 bits per heavy atom. The summed E-state index contributed by atoms with van der Waals surface area (Å²) in [4.78, 5) is 0. The summed E-state index contributed by atoms with van der Waals surface area (Å²) in [6.45, 7) is 1.81. The summed E-state index contributed by atoms with van der Waals surface area (Å²) in [6.07, 6.45) is 0. The van der Waals surface area contributed by atoms with E-state index in [0.717, 1.165) is 5.56 Å². The van der Waals surface area contributed by atoms with E-state index < -0.39 is 0 Å². The molecule has 0 fully saturated rings. The Hall–Kier alpha value is -0.600. The average molecular weight is 206 g/mol. The predicted octanol–water partition coefficient (Wildman–Crippen LogP) is 2.89. The molecular formula is C8H9Cl2NO. The summed E-state index contributed by atoms with van der Waals surface area (Å²) in [5.74, 6) is 0.485. The number of rotatable bonds is 1. The molecule has 0 heterocycles. The molecule has 0 bridgehead atoms. The van der Waals surface area contributed by atoms with Gasteiger partial charge in [0.25, 0.3) is 0 Å². The molecule has 1 aromatic rings. The molecule has 0 spiro atoms. The lowest BCUT2D eigenvalue weighted by atomic mass is 10.2. The molecule has 0 atom stereocenters. The van der Waals surface area contributed by atoms with Crippen LogP contribution in [0.1, 0.15) is 5.56 Å². The van der Waals surface area contributed by atoms with Crippen LogP contribution >= 0.6 is 23.2 Å². The molecule has 0 aromatic heterocycles. The number of hydrogen-bond acceptors (Lipinski definition) is 2. The van der Waals surface area contributed by atoms with Gasteiger partial charge in [-0.1, -0.05) is 23.2 Å². The molecule has 66 valence electrons. The average Bonchev–Trinajstić information content (AvgIpc) is 2.01. The van der Waals surface area contributed by atoms with E-state index in [2.05, 4.69) is 0 Å². The summed E-state index contributed by atoms with van der Waals surface area (Å²) in [7, 11) is 1.52. The second-order valence-electron chi connectivity index (χ2n) is 2.42. The van der Waals surface area contributed by atoms with Gasteiger partial charge in [0.2, 0.25) is 0 Å². The molecule has 1 aromatic carbocycles. The molecule has 0 unspecified atom stereocenters. The number of hydrogen-bond donors (Lipinski definition) is 1. The lowest BCUT2D eigenvalue weighted by Gasteiger charge is -2.09. The van der Waals surface area contributed by atoms with Crippen molar-refractivity contribution in [2.24, 2.45) is 0 Å². The SMILES string of the molecule is COc1c(N)cc(Cl)c(C)c1Cl. The van der Waals surface area contributed by atoms with Gasteiger partial charge in [0.15, 0.2) is 5.75 Å². The van der Waals surface area contributed by atoms with Gasteiger partial charge in [0.1, 0.15) is 0 Å². The van der Waals surface area contributed by atoms with Gasteiger partial charge >= 0.3 is 0 Å². The third kappa shape index (κ3) is 1.45. The van der Waals surface area contributed by atoms with Gasteiger partial charge in [-0.25, -0.2) is 0 Å². The molecule has 12 heavy (non-hydrogen) atoms. The van der Waals surface area contributed by atoms with Crippen LogP contribution in [-0.4, -0.2) is 7.11 Å². The maximum atomic E-state index is 5.91. The fraction of sp³-hybridized carbons (Fsp3) is 0.250. The third-order valence-corrected chi connectivity index (χ3v) is 2.48. The van der Waals surface area contributed by atoms with Crippen LogP contribution in [0.3, 0.4) is 0 Å². The number of anilines is 1. The van der Waals surface area contributed by atoms with E-state index in [4.69, 9.17) is 33.7 Å². The normalized spacial score (nSPS) is 10.0. The van der Waals surface area contributed by atoms with E-state index in [0.29, 0.717) is 21.5 Å². The molecule has 0 aliphatic rings. The molecule has 2 N–H and O–H groups in total. The topological polar surface area (TPSA) is 35.2 Å². The van der Waals surface area contributed by atoms with Gasteiger partial charge in [0.05, 0.1) is 17.8 Å². The smallest absolute Gasteiger partial charge is 0.160 e. The first-order valence-corrected chi connectivity index (χ1v) is 4.11. The van der Waals surface area contributed by atoms with Gasteiger partial charge in [0, 0.05) is 5.02 Å². The van der Waals surface area contributed by atoms with Crippen molar-refractivity contribution in [2.75, 3.05) is 12.8 Å². The fourth-order valence-corrected chi connectivity index (χ4v) is 1.47. The summed E-state index contributed by atoms with van der Waals surface area (Å²) in [6, 6.07) is 1.63. The molecule has 0 aliphatic heterocycles. The zero-order valence-electron chi connectivity index (χ0n) is 6.82. The van der Waals surface area contributed by atoms with Crippen molar-refractivity contribution in [2.45, 2.75) is 6.92 Å². The Bertz CT molecular complexity index is 312. The van der Waals surface area contributed by atoms with E-state index in [1.54, 1.807) is 6.07 Å².